The molecule has 0 aliphatic carbocycles. The third kappa shape index (κ3) is 4.13. The molecule has 0 saturated heterocycles. The summed E-state index contributed by atoms with van der Waals surface area (Å²) < 4.78 is 13.3. The van der Waals surface area contributed by atoms with E-state index in [9.17, 15) is 0 Å². The topological polar surface area (TPSA) is 29.5 Å². The Bertz CT molecular complexity index is 3070. The van der Waals surface area contributed by atoms with Crippen LogP contribution in [0.4, 0.5) is 17.1 Å². The van der Waals surface area contributed by atoms with Crippen molar-refractivity contribution in [3.63, 3.8) is 0 Å². The molecule has 1 aliphatic heterocycles. The number of furan rings is 2. The number of anilines is 3. The zero-order valence-corrected chi connectivity index (χ0v) is 30.1. The fraction of sp³-hybridized carbons (Fsp3) is 0.0417. The molecule has 8 aromatic carbocycles. The van der Waals surface area contributed by atoms with Crippen molar-refractivity contribution in [3.8, 4) is 22.3 Å². The van der Waals surface area contributed by atoms with E-state index in [-0.39, 0.29) is 0 Å². The van der Waals surface area contributed by atoms with Gasteiger partial charge >= 0.3 is 303 Å². The van der Waals surface area contributed by atoms with Gasteiger partial charge in [-0.15, -0.1) is 0 Å². The first-order chi connectivity index (χ1) is 25.5. The van der Waals surface area contributed by atoms with Crippen LogP contribution in [-0.2, 0) is 0 Å². The summed E-state index contributed by atoms with van der Waals surface area (Å²) in [6.45, 7) is 5.00. The number of hydrogen-bond donors (Lipinski definition) is 0. The summed E-state index contributed by atoms with van der Waals surface area (Å²) in [7, 11) is -2.49. The molecule has 0 fully saturated rings. The second-order valence-electron chi connectivity index (χ2n) is 14.8. The minimum atomic E-state index is -2.49. The van der Waals surface area contributed by atoms with E-state index in [1.807, 2.05) is 6.07 Å². The number of fused-ring (bicyclic) bond motifs is 11. The number of hydrogen-bond acceptors (Lipinski definition) is 3. The van der Waals surface area contributed by atoms with E-state index in [0.717, 1.165) is 50.2 Å². The first-order valence-electron chi connectivity index (χ1n) is 18.2. The molecule has 0 bridgehead atoms. The Kier molecular flexibility index (Phi) is 6.11. The molecule has 0 spiro atoms. The summed E-state index contributed by atoms with van der Waals surface area (Å²) >= 11 is 0. The van der Waals surface area contributed by atoms with Crippen LogP contribution in [0.15, 0.2) is 173 Å². The van der Waals surface area contributed by atoms with Gasteiger partial charge in [0.05, 0.1) is 0 Å². The number of para-hydroxylation sites is 3. The maximum atomic E-state index is 6.70. The third-order valence-corrected chi connectivity index (χ3v) is 15.6. The molecule has 10 aromatic rings. The van der Waals surface area contributed by atoms with Gasteiger partial charge in [-0.05, 0) is 0 Å². The van der Waals surface area contributed by atoms with Gasteiger partial charge in [0.2, 0.25) is 0 Å². The van der Waals surface area contributed by atoms with Gasteiger partial charge in [0.15, 0.2) is 0 Å². The van der Waals surface area contributed by atoms with Gasteiger partial charge < -0.3 is 0 Å². The Labute approximate surface area is 302 Å². The summed E-state index contributed by atoms with van der Waals surface area (Å²) in [6, 6.07) is 59.2. The molecule has 0 unspecified atom stereocenters. The van der Waals surface area contributed by atoms with Crippen molar-refractivity contribution in [1.82, 2.24) is 0 Å². The second-order valence-corrected chi connectivity index (χ2v) is 19.8. The van der Waals surface area contributed by atoms with Gasteiger partial charge in [-0.25, -0.2) is 0 Å². The molecule has 3 heterocycles. The van der Waals surface area contributed by atoms with Gasteiger partial charge in [0, 0.05) is 0 Å². The Morgan fingerprint density at radius 2 is 1.08 bits per heavy atom. The first kappa shape index (κ1) is 29.4. The molecule has 3 nitrogen and oxygen atoms in total. The summed E-state index contributed by atoms with van der Waals surface area (Å²) in [5.74, 6) is 0. The van der Waals surface area contributed by atoms with Crippen molar-refractivity contribution in [2.45, 2.75) is 13.1 Å². The van der Waals surface area contributed by atoms with Crippen LogP contribution in [0.25, 0.3) is 76.9 Å². The molecule has 2 aromatic heterocycles. The first-order valence-corrected chi connectivity index (χ1v) is 21.6. The molecule has 11 rings (SSSR count). The summed E-state index contributed by atoms with van der Waals surface area (Å²) in [5, 5.41) is 9.97. The van der Waals surface area contributed by atoms with E-state index in [0.29, 0.717) is 0 Å². The average molecular weight is 685 g/mol. The molecule has 0 saturated carbocycles. The van der Waals surface area contributed by atoms with E-state index in [4.69, 9.17) is 8.83 Å². The fourth-order valence-corrected chi connectivity index (χ4v) is 12.5. The summed E-state index contributed by atoms with van der Waals surface area (Å²) in [5.41, 5.74) is 11.9. The molecule has 1 aliphatic rings. The zero-order chi connectivity index (χ0) is 34.6. The summed E-state index contributed by atoms with van der Waals surface area (Å²) in [6.07, 6.45) is 0. The van der Waals surface area contributed by atoms with E-state index in [1.54, 1.807) is 0 Å². The minimum absolute atomic E-state index is 0.881. The number of nitrogens with zero attached hydrogens (tertiary/aromatic N) is 1. The molecule has 248 valence electrons. The van der Waals surface area contributed by atoms with Crippen molar-refractivity contribution in [2.24, 2.45) is 0 Å². The molecule has 0 radical (unpaired) electrons. The molecule has 0 atom stereocenters. The Morgan fingerprint density at radius 1 is 0.442 bits per heavy atom. The van der Waals surface area contributed by atoms with Gasteiger partial charge in [-0.3, -0.25) is 0 Å². The fourth-order valence-electron chi connectivity index (χ4n) is 8.99. The van der Waals surface area contributed by atoms with Gasteiger partial charge in [-0.2, -0.15) is 0 Å². The summed E-state index contributed by atoms with van der Waals surface area (Å²) in [4.78, 5) is 2.40. The molecule has 4 heteroatoms. The monoisotopic (exact) mass is 684 g/mol. The maximum absolute atomic E-state index is 6.70. The molecular weight excluding hydrogens is 651 g/mol. The molecular formula is C48H34NO2Si-. The van der Waals surface area contributed by atoms with Crippen LogP contribution in [0.5, 0.6) is 0 Å². The number of benzene rings is 8. The molecule has 0 N–H and O–H groups in total. The van der Waals surface area contributed by atoms with Crippen LogP contribution in [0.3, 0.4) is 0 Å². The third-order valence-electron chi connectivity index (χ3n) is 11.5. The van der Waals surface area contributed by atoms with E-state index in [1.165, 1.54) is 54.2 Å². The second kappa shape index (κ2) is 10.8. The average Bonchev–Trinajstić information content (AvgIpc) is 3.83. The standard InChI is InChI=1S/C48H34NO2Si/c1-52(2)44-27-26-39-37-18-6-8-23-43(37)51-48(39)46(44)40-25-24-33(29-45(40)52)49(41-21-11-20-38-36-17-5-7-22-42(36)50-47(38)41)32-15-9-14-31(28-32)35-19-10-13-30-12-3-4-16-34(30)35/h3-29,52H,1-2H3/q-1. The predicted molar refractivity (Wildman–Crippen MR) is 222 cm³/mol. The van der Waals surface area contributed by atoms with Crippen molar-refractivity contribution in [3.05, 3.63) is 164 Å². The van der Waals surface area contributed by atoms with Crippen LogP contribution in [-0.4, -0.2) is 8.07 Å². The van der Waals surface area contributed by atoms with Crippen LogP contribution in [0.1, 0.15) is 0 Å². The van der Waals surface area contributed by atoms with Gasteiger partial charge in [0.25, 0.3) is 0 Å². The zero-order valence-electron chi connectivity index (χ0n) is 28.9. The van der Waals surface area contributed by atoms with E-state index in [2.05, 4.69) is 176 Å². The SMILES string of the molecule is C[SiH-]1(C)c2cc(N(c3cccc(-c4cccc5ccccc45)c3)c3cccc4c3oc3ccccc34)ccc2-c2c1ccc1c2oc2ccccc21. The van der Waals surface area contributed by atoms with Gasteiger partial charge in [0.1, 0.15) is 0 Å². The molecule has 52 heavy (non-hydrogen) atoms. The predicted octanol–water partition coefficient (Wildman–Crippen LogP) is 12.3. The van der Waals surface area contributed by atoms with E-state index >= 15 is 0 Å². The van der Waals surface area contributed by atoms with Crippen molar-refractivity contribution >= 4 is 90.2 Å². The van der Waals surface area contributed by atoms with Crippen LogP contribution < -0.4 is 15.3 Å². The Hall–Kier alpha value is -6.36. The van der Waals surface area contributed by atoms with E-state index < -0.39 is 8.07 Å². The van der Waals surface area contributed by atoms with Crippen molar-refractivity contribution in [2.75, 3.05) is 4.90 Å². The van der Waals surface area contributed by atoms with Crippen LogP contribution in [0.2, 0.25) is 13.1 Å². The number of rotatable bonds is 4. The van der Waals surface area contributed by atoms with Crippen molar-refractivity contribution < 1.29 is 8.83 Å². The van der Waals surface area contributed by atoms with Crippen LogP contribution in [0, 0.1) is 0 Å². The van der Waals surface area contributed by atoms with Gasteiger partial charge in [-0.1, -0.05) is 0 Å². The Balaban J connectivity index is 1.15. The quantitative estimate of drug-likeness (QED) is 0.173. The van der Waals surface area contributed by atoms with Crippen molar-refractivity contribution in [1.29, 1.82) is 0 Å². The Morgan fingerprint density at radius 3 is 1.90 bits per heavy atom. The molecule has 0 amide bonds. The van der Waals surface area contributed by atoms with Crippen LogP contribution >= 0.6 is 0 Å². The normalized spacial score (nSPS) is 14.0.